The van der Waals surface area contributed by atoms with Crippen molar-refractivity contribution < 1.29 is 9.47 Å². The zero-order chi connectivity index (χ0) is 11.5. The van der Waals surface area contributed by atoms with E-state index in [-0.39, 0.29) is 6.54 Å². The summed E-state index contributed by atoms with van der Waals surface area (Å²) < 4.78 is 11.5. The van der Waals surface area contributed by atoms with Crippen LogP contribution in [0.25, 0.3) is 0 Å². The highest BCUT2D eigenvalue weighted by molar-refractivity contribution is 9.10. The molecule has 0 aromatic heterocycles. The standard InChI is InChI=1S/C10H13BrClNO2/c1-14-10(6-13,15-2)8-4-3-7(11)5-9(8)12/h3-5H,6,13H2,1-2H3. The number of benzene rings is 1. The van der Waals surface area contributed by atoms with Gasteiger partial charge >= 0.3 is 0 Å². The predicted molar refractivity (Wildman–Crippen MR) is 63.9 cm³/mol. The molecule has 0 bridgehead atoms. The van der Waals surface area contributed by atoms with Crippen molar-refractivity contribution in [2.24, 2.45) is 5.73 Å². The number of nitrogens with two attached hydrogens (primary N) is 1. The van der Waals surface area contributed by atoms with Crippen molar-refractivity contribution in [2.75, 3.05) is 20.8 Å². The third-order valence-corrected chi connectivity index (χ3v) is 3.08. The van der Waals surface area contributed by atoms with E-state index in [0.29, 0.717) is 5.02 Å². The second-order valence-corrected chi connectivity index (χ2v) is 4.31. The molecule has 15 heavy (non-hydrogen) atoms. The lowest BCUT2D eigenvalue weighted by molar-refractivity contribution is -0.207. The van der Waals surface area contributed by atoms with Crippen LogP contribution in [0.3, 0.4) is 0 Å². The van der Waals surface area contributed by atoms with E-state index in [1.54, 1.807) is 6.07 Å². The monoisotopic (exact) mass is 293 g/mol. The molecular weight excluding hydrogens is 281 g/mol. The Balaban J connectivity index is 3.22. The van der Waals surface area contributed by atoms with Crippen LogP contribution >= 0.6 is 27.5 Å². The number of methoxy groups -OCH3 is 2. The molecule has 0 saturated heterocycles. The van der Waals surface area contributed by atoms with Gasteiger partial charge in [-0.15, -0.1) is 0 Å². The maximum Gasteiger partial charge on any atom is 0.208 e. The number of hydrogen-bond acceptors (Lipinski definition) is 3. The fraction of sp³-hybridized carbons (Fsp3) is 0.400. The predicted octanol–water partition coefficient (Wildman–Crippen LogP) is 2.51. The molecule has 5 heteroatoms. The highest BCUT2D eigenvalue weighted by Crippen LogP contribution is 2.32. The van der Waals surface area contributed by atoms with E-state index in [1.165, 1.54) is 14.2 Å². The Morgan fingerprint density at radius 1 is 1.40 bits per heavy atom. The van der Waals surface area contributed by atoms with Gasteiger partial charge in [0.1, 0.15) is 0 Å². The van der Waals surface area contributed by atoms with E-state index in [4.69, 9.17) is 26.8 Å². The fourth-order valence-electron chi connectivity index (χ4n) is 1.38. The molecule has 1 aromatic rings. The van der Waals surface area contributed by atoms with Crippen LogP contribution in [0.4, 0.5) is 0 Å². The van der Waals surface area contributed by atoms with E-state index in [0.717, 1.165) is 10.0 Å². The zero-order valence-electron chi connectivity index (χ0n) is 8.59. The number of ether oxygens (including phenoxy) is 2. The Morgan fingerprint density at radius 3 is 2.40 bits per heavy atom. The molecular formula is C10H13BrClNO2. The van der Waals surface area contributed by atoms with Crippen molar-refractivity contribution in [3.63, 3.8) is 0 Å². The van der Waals surface area contributed by atoms with Gasteiger partial charge in [-0.1, -0.05) is 33.6 Å². The van der Waals surface area contributed by atoms with Gasteiger partial charge < -0.3 is 15.2 Å². The summed E-state index contributed by atoms with van der Waals surface area (Å²) in [5.74, 6) is -0.974. The minimum atomic E-state index is -0.974. The lowest BCUT2D eigenvalue weighted by Gasteiger charge is -2.30. The van der Waals surface area contributed by atoms with Crippen LogP contribution in [0.15, 0.2) is 22.7 Å². The summed E-state index contributed by atoms with van der Waals surface area (Å²) in [6.07, 6.45) is 0. The van der Waals surface area contributed by atoms with Crippen molar-refractivity contribution in [1.29, 1.82) is 0 Å². The van der Waals surface area contributed by atoms with Crippen LogP contribution in [-0.4, -0.2) is 20.8 Å². The van der Waals surface area contributed by atoms with Gasteiger partial charge in [0.25, 0.3) is 0 Å². The van der Waals surface area contributed by atoms with Crippen molar-refractivity contribution in [3.05, 3.63) is 33.3 Å². The minimum absolute atomic E-state index is 0.196. The molecule has 2 N–H and O–H groups in total. The third kappa shape index (κ3) is 2.52. The van der Waals surface area contributed by atoms with Gasteiger partial charge in [0.15, 0.2) is 0 Å². The molecule has 0 aliphatic heterocycles. The second kappa shape index (κ2) is 5.27. The molecule has 1 rings (SSSR count). The first kappa shape index (κ1) is 12.9. The van der Waals surface area contributed by atoms with Gasteiger partial charge in [-0.25, -0.2) is 0 Å². The van der Waals surface area contributed by atoms with Gasteiger partial charge in [0.2, 0.25) is 5.79 Å². The molecule has 0 amide bonds. The summed E-state index contributed by atoms with van der Waals surface area (Å²) in [6.45, 7) is 0.196. The van der Waals surface area contributed by atoms with Gasteiger partial charge in [-0.3, -0.25) is 0 Å². The summed E-state index contributed by atoms with van der Waals surface area (Å²) >= 11 is 9.44. The van der Waals surface area contributed by atoms with Crippen molar-refractivity contribution in [1.82, 2.24) is 0 Å². The molecule has 0 aliphatic carbocycles. The van der Waals surface area contributed by atoms with Crippen molar-refractivity contribution in [3.8, 4) is 0 Å². The molecule has 0 spiro atoms. The normalized spacial score (nSPS) is 11.8. The van der Waals surface area contributed by atoms with Crippen molar-refractivity contribution in [2.45, 2.75) is 5.79 Å². The molecule has 84 valence electrons. The van der Waals surface area contributed by atoms with Crippen LogP contribution in [0.5, 0.6) is 0 Å². The number of rotatable bonds is 4. The van der Waals surface area contributed by atoms with E-state index in [1.807, 2.05) is 12.1 Å². The Hall–Kier alpha value is -0.130. The van der Waals surface area contributed by atoms with Crippen LogP contribution in [0.2, 0.25) is 5.02 Å². The summed E-state index contributed by atoms with van der Waals surface area (Å²) in [5.41, 5.74) is 6.37. The third-order valence-electron chi connectivity index (χ3n) is 2.27. The second-order valence-electron chi connectivity index (χ2n) is 2.99. The molecule has 1 aromatic carbocycles. The fourth-order valence-corrected chi connectivity index (χ4v) is 2.20. The Bertz CT molecular complexity index is 334. The molecule has 0 saturated carbocycles. The Labute approximate surface area is 103 Å². The first-order chi connectivity index (χ1) is 7.09. The molecule has 0 unspecified atom stereocenters. The van der Waals surface area contributed by atoms with E-state index >= 15 is 0 Å². The highest BCUT2D eigenvalue weighted by Gasteiger charge is 2.32. The van der Waals surface area contributed by atoms with Crippen LogP contribution < -0.4 is 5.73 Å². The SMILES string of the molecule is COC(CN)(OC)c1ccc(Br)cc1Cl. The number of halogens is 2. The van der Waals surface area contributed by atoms with Gasteiger partial charge in [-0.2, -0.15) is 0 Å². The maximum atomic E-state index is 6.10. The van der Waals surface area contributed by atoms with E-state index in [9.17, 15) is 0 Å². The van der Waals surface area contributed by atoms with Crippen molar-refractivity contribution >= 4 is 27.5 Å². The zero-order valence-corrected chi connectivity index (χ0v) is 10.9. The average molecular weight is 295 g/mol. The van der Waals surface area contributed by atoms with E-state index < -0.39 is 5.79 Å². The molecule has 0 aliphatic rings. The van der Waals surface area contributed by atoms with Crippen LogP contribution in [-0.2, 0) is 15.3 Å². The largest absolute Gasteiger partial charge is 0.348 e. The maximum absolute atomic E-state index is 6.10. The summed E-state index contributed by atoms with van der Waals surface area (Å²) in [7, 11) is 3.07. The van der Waals surface area contributed by atoms with Gasteiger partial charge in [-0.05, 0) is 12.1 Å². The smallest absolute Gasteiger partial charge is 0.208 e. The lowest BCUT2D eigenvalue weighted by Crippen LogP contribution is -2.39. The summed E-state index contributed by atoms with van der Waals surface area (Å²) in [5, 5.41) is 0.554. The molecule has 3 nitrogen and oxygen atoms in total. The quantitative estimate of drug-likeness (QED) is 0.868. The van der Waals surface area contributed by atoms with Gasteiger partial charge in [0, 0.05) is 24.3 Å². The summed E-state index contributed by atoms with van der Waals surface area (Å²) in [4.78, 5) is 0. The molecule has 0 radical (unpaired) electrons. The number of hydrogen-bond donors (Lipinski definition) is 1. The highest BCUT2D eigenvalue weighted by atomic mass is 79.9. The molecule has 0 heterocycles. The van der Waals surface area contributed by atoms with Gasteiger partial charge in [0.05, 0.1) is 11.6 Å². The first-order valence-corrected chi connectivity index (χ1v) is 5.52. The Morgan fingerprint density at radius 2 is 2.00 bits per heavy atom. The lowest BCUT2D eigenvalue weighted by atomic mass is 10.1. The summed E-state index contributed by atoms with van der Waals surface area (Å²) in [6, 6.07) is 5.47. The average Bonchev–Trinajstić information content (AvgIpc) is 2.23. The van der Waals surface area contributed by atoms with E-state index in [2.05, 4.69) is 15.9 Å². The Kier molecular flexibility index (Phi) is 4.55. The first-order valence-electron chi connectivity index (χ1n) is 4.35. The molecule has 0 fully saturated rings. The van der Waals surface area contributed by atoms with Crippen LogP contribution in [0, 0.1) is 0 Å². The molecule has 0 atom stereocenters. The van der Waals surface area contributed by atoms with Crippen LogP contribution in [0.1, 0.15) is 5.56 Å². The topological polar surface area (TPSA) is 44.5 Å². The minimum Gasteiger partial charge on any atom is -0.348 e.